The third-order valence-electron chi connectivity index (χ3n) is 4.56. The molecule has 0 bridgehead atoms. The second kappa shape index (κ2) is 8.04. The molecule has 4 aromatic rings. The maximum Gasteiger partial charge on any atom is 0.237 e. The summed E-state index contributed by atoms with van der Waals surface area (Å²) in [4.78, 5) is 21.2. The largest absolute Gasteiger partial charge is 0.332 e. The zero-order valence-electron chi connectivity index (χ0n) is 16.4. The number of carbonyl (C=O) groups is 1. The third kappa shape index (κ3) is 3.86. The maximum absolute atomic E-state index is 12.5. The monoisotopic (exact) mass is 407 g/mol. The van der Waals surface area contributed by atoms with Crippen LogP contribution in [0.2, 0.25) is 0 Å². The van der Waals surface area contributed by atoms with Crippen molar-refractivity contribution in [3.8, 4) is 11.4 Å². The molecule has 0 aliphatic carbocycles. The van der Waals surface area contributed by atoms with E-state index in [1.54, 1.807) is 12.5 Å². The summed E-state index contributed by atoms with van der Waals surface area (Å²) < 4.78 is 3.92. The fourth-order valence-electron chi connectivity index (χ4n) is 2.98. The molecule has 4 rings (SSSR count). The summed E-state index contributed by atoms with van der Waals surface area (Å²) in [6, 6.07) is 11.4. The minimum atomic E-state index is -0.324. The topological polar surface area (TPSA) is 90.5 Å². The summed E-state index contributed by atoms with van der Waals surface area (Å²) >= 11 is 1.39. The fraction of sp³-hybridized carbons (Fsp3) is 0.250. The highest BCUT2D eigenvalue weighted by atomic mass is 32.2. The van der Waals surface area contributed by atoms with E-state index in [1.165, 1.54) is 11.8 Å². The number of hydrogen-bond acceptors (Lipinski definition) is 6. The second-order valence-electron chi connectivity index (χ2n) is 6.59. The number of pyridine rings is 1. The lowest BCUT2D eigenvalue weighted by Gasteiger charge is -2.12. The van der Waals surface area contributed by atoms with Crippen molar-refractivity contribution in [2.75, 3.05) is 5.32 Å². The number of rotatable bonds is 6. The summed E-state index contributed by atoms with van der Waals surface area (Å²) in [6.07, 6.45) is 3.49. The van der Waals surface area contributed by atoms with Crippen LogP contribution in [0.3, 0.4) is 0 Å². The van der Waals surface area contributed by atoms with Crippen LogP contribution in [-0.2, 0) is 18.4 Å². The lowest BCUT2D eigenvalue weighted by atomic mass is 10.2. The Bertz CT molecular complexity index is 1150. The van der Waals surface area contributed by atoms with Crippen molar-refractivity contribution in [2.45, 2.75) is 30.8 Å². The summed E-state index contributed by atoms with van der Waals surface area (Å²) in [5.74, 6) is 0.646. The molecule has 3 aromatic heterocycles. The smallest absolute Gasteiger partial charge is 0.237 e. The van der Waals surface area contributed by atoms with E-state index in [1.807, 2.05) is 66.4 Å². The first-order valence-corrected chi connectivity index (χ1v) is 10.2. The summed E-state index contributed by atoms with van der Waals surface area (Å²) in [5, 5.41) is 12.0. The molecule has 0 saturated carbocycles. The minimum Gasteiger partial charge on any atom is -0.332 e. The molecule has 3 heterocycles. The van der Waals surface area contributed by atoms with E-state index in [2.05, 4.69) is 25.5 Å². The Morgan fingerprint density at radius 2 is 2.00 bits per heavy atom. The molecule has 0 spiro atoms. The van der Waals surface area contributed by atoms with Crippen LogP contribution in [0.15, 0.2) is 54.1 Å². The first kappa shape index (κ1) is 19.1. The molecule has 1 unspecified atom stereocenters. The van der Waals surface area contributed by atoms with Crippen molar-refractivity contribution in [1.82, 2.24) is 29.3 Å². The van der Waals surface area contributed by atoms with E-state index in [9.17, 15) is 4.79 Å². The van der Waals surface area contributed by atoms with E-state index >= 15 is 0 Å². The third-order valence-corrected chi connectivity index (χ3v) is 5.64. The van der Waals surface area contributed by atoms with Crippen molar-refractivity contribution in [2.24, 2.45) is 7.05 Å². The molecule has 8 nitrogen and oxygen atoms in total. The highest BCUT2D eigenvalue weighted by Crippen LogP contribution is 2.28. The molecule has 0 fully saturated rings. The van der Waals surface area contributed by atoms with Crippen LogP contribution >= 0.6 is 11.8 Å². The van der Waals surface area contributed by atoms with Gasteiger partial charge in [-0.05, 0) is 32.0 Å². The molecule has 29 heavy (non-hydrogen) atoms. The van der Waals surface area contributed by atoms with Gasteiger partial charge in [-0.15, -0.1) is 10.2 Å². The van der Waals surface area contributed by atoms with Gasteiger partial charge in [0.2, 0.25) is 5.91 Å². The number of para-hydroxylation sites is 1. The quantitative estimate of drug-likeness (QED) is 0.493. The van der Waals surface area contributed by atoms with Gasteiger partial charge in [-0.1, -0.05) is 30.0 Å². The van der Waals surface area contributed by atoms with Crippen LogP contribution in [-0.4, -0.2) is 40.5 Å². The highest BCUT2D eigenvalue weighted by molar-refractivity contribution is 8.00. The molecule has 1 aromatic carbocycles. The molecule has 0 aliphatic rings. The Morgan fingerprint density at radius 3 is 2.76 bits per heavy atom. The lowest BCUT2D eigenvalue weighted by Crippen LogP contribution is -2.22. The van der Waals surface area contributed by atoms with Gasteiger partial charge >= 0.3 is 0 Å². The van der Waals surface area contributed by atoms with Crippen molar-refractivity contribution in [3.63, 3.8) is 0 Å². The van der Waals surface area contributed by atoms with Crippen LogP contribution < -0.4 is 5.32 Å². The zero-order valence-corrected chi connectivity index (χ0v) is 17.2. The summed E-state index contributed by atoms with van der Waals surface area (Å²) in [6.45, 7) is 4.57. The van der Waals surface area contributed by atoms with Crippen molar-refractivity contribution >= 4 is 34.5 Å². The predicted molar refractivity (Wildman–Crippen MR) is 114 cm³/mol. The lowest BCUT2D eigenvalue weighted by molar-refractivity contribution is -0.115. The van der Waals surface area contributed by atoms with Crippen LogP contribution in [0.25, 0.3) is 22.6 Å². The molecule has 1 amide bonds. The summed E-state index contributed by atoms with van der Waals surface area (Å²) in [7, 11) is 1.93. The predicted octanol–water partition coefficient (Wildman–Crippen LogP) is 3.37. The molecule has 0 aliphatic heterocycles. The number of anilines is 1. The standard InChI is InChI=1S/C20H21N7OS/c1-4-27-18(14-10-16-17(21-11-14)22-12-26(16)3)24-25-20(27)29-13(2)19(28)23-15-8-6-5-7-9-15/h5-13H,4H2,1-3H3,(H,23,28). The van der Waals surface area contributed by atoms with Crippen molar-refractivity contribution in [1.29, 1.82) is 0 Å². The summed E-state index contributed by atoms with van der Waals surface area (Å²) in [5.41, 5.74) is 3.26. The molecule has 1 N–H and O–H groups in total. The number of nitrogens with one attached hydrogen (secondary N) is 1. The van der Waals surface area contributed by atoms with Gasteiger partial charge in [0.15, 0.2) is 16.6 Å². The zero-order chi connectivity index (χ0) is 20.4. The Labute approximate surface area is 172 Å². The van der Waals surface area contributed by atoms with E-state index in [-0.39, 0.29) is 11.2 Å². The molecule has 9 heteroatoms. The fourth-order valence-corrected chi connectivity index (χ4v) is 3.90. The van der Waals surface area contributed by atoms with Crippen molar-refractivity contribution in [3.05, 3.63) is 48.9 Å². The molecule has 148 valence electrons. The van der Waals surface area contributed by atoms with Crippen molar-refractivity contribution < 1.29 is 4.79 Å². The van der Waals surface area contributed by atoms with E-state index < -0.39 is 0 Å². The second-order valence-corrected chi connectivity index (χ2v) is 7.90. The average Bonchev–Trinajstić information content (AvgIpc) is 3.31. The molecule has 0 saturated heterocycles. The van der Waals surface area contributed by atoms with E-state index in [0.29, 0.717) is 17.3 Å². The maximum atomic E-state index is 12.5. The Balaban J connectivity index is 1.56. The normalized spacial score (nSPS) is 12.2. The number of benzene rings is 1. The van der Waals surface area contributed by atoms with Crippen LogP contribution in [0.4, 0.5) is 5.69 Å². The van der Waals surface area contributed by atoms with Gasteiger partial charge in [0, 0.05) is 31.0 Å². The SMILES string of the molecule is CCn1c(SC(C)C(=O)Nc2ccccc2)nnc1-c1cnc2ncn(C)c2c1. The number of imidazole rings is 1. The first-order valence-electron chi connectivity index (χ1n) is 9.30. The number of thioether (sulfide) groups is 1. The average molecular weight is 408 g/mol. The van der Waals surface area contributed by atoms with Gasteiger partial charge in [-0.25, -0.2) is 9.97 Å². The molecular weight excluding hydrogens is 386 g/mol. The van der Waals surface area contributed by atoms with E-state index in [0.717, 1.165) is 22.6 Å². The first-order chi connectivity index (χ1) is 14.1. The number of aryl methyl sites for hydroxylation is 1. The van der Waals surface area contributed by atoms with Gasteiger partial charge in [0.1, 0.15) is 0 Å². The number of hydrogen-bond donors (Lipinski definition) is 1. The van der Waals surface area contributed by atoms with Crippen LogP contribution in [0, 0.1) is 0 Å². The highest BCUT2D eigenvalue weighted by Gasteiger charge is 2.21. The Kier molecular flexibility index (Phi) is 5.30. The Morgan fingerprint density at radius 1 is 1.21 bits per heavy atom. The molecule has 0 radical (unpaired) electrons. The van der Waals surface area contributed by atoms with E-state index in [4.69, 9.17) is 0 Å². The number of nitrogens with zero attached hydrogens (tertiary/aromatic N) is 6. The number of aromatic nitrogens is 6. The van der Waals surface area contributed by atoms with Gasteiger partial charge in [0.05, 0.1) is 17.1 Å². The molecular formula is C20H21N7OS. The van der Waals surface area contributed by atoms with Gasteiger partial charge in [-0.3, -0.25) is 4.79 Å². The van der Waals surface area contributed by atoms with Gasteiger partial charge < -0.3 is 14.5 Å². The molecule has 1 atom stereocenters. The number of amides is 1. The number of carbonyl (C=O) groups excluding carboxylic acids is 1. The minimum absolute atomic E-state index is 0.0774. The van der Waals surface area contributed by atoms with Crippen LogP contribution in [0.5, 0.6) is 0 Å². The van der Waals surface area contributed by atoms with Gasteiger partial charge in [-0.2, -0.15) is 0 Å². The Hall–Kier alpha value is -3.20. The van der Waals surface area contributed by atoms with Crippen LogP contribution in [0.1, 0.15) is 13.8 Å². The van der Waals surface area contributed by atoms with Gasteiger partial charge in [0.25, 0.3) is 0 Å². The number of fused-ring (bicyclic) bond motifs is 1.